The Hall–Kier alpha value is -1.26. The van der Waals surface area contributed by atoms with Crippen LogP contribution in [0.2, 0.25) is 0 Å². The first-order valence-corrected chi connectivity index (χ1v) is 7.19. The Kier molecular flexibility index (Phi) is 4.25. The molecule has 0 aliphatic carbocycles. The van der Waals surface area contributed by atoms with Crippen molar-refractivity contribution in [3.63, 3.8) is 0 Å². The van der Waals surface area contributed by atoms with E-state index in [1.54, 1.807) is 30.0 Å². The molecule has 0 spiro atoms. The first-order chi connectivity index (χ1) is 9.34. The summed E-state index contributed by atoms with van der Waals surface area (Å²) < 4.78 is 5.80. The smallest absolute Gasteiger partial charge is 0.257 e. The van der Waals surface area contributed by atoms with E-state index in [-0.39, 0.29) is 17.8 Å². The van der Waals surface area contributed by atoms with Crippen LogP contribution in [0.4, 0.5) is 0 Å². The minimum absolute atomic E-state index is 0.0456. The third kappa shape index (κ3) is 3.07. The number of benzene rings is 1. The Bertz CT molecular complexity index is 516. The van der Waals surface area contributed by atoms with Crippen molar-refractivity contribution in [1.29, 1.82) is 0 Å². The van der Waals surface area contributed by atoms with Gasteiger partial charge in [0.15, 0.2) is 0 Å². The molecule has 1 aromatic rings. The molecule has 20 heavy (non-hydrogen) atoms. The quantitative estimate of drug-likeness (QED) is 0.854. The topological polar surface area (TPSA) is 49.8 Å². The van der Waals surface area contributed by atoms with Crippen LogP contribution in [0, 0.1) is 6.92 Å². The molecule has 1 N–H and O–H groups in total. The van der Waals surface area contributed by atoms with Crippen molar-refractivity contribution in [2.24, 2.45) is 0 Å². The van der Waals surface area contributed by atoms with E-state index in [1.807, 2.05) is 13.8 Å². The summed E-state index contributed by atoms with van der Waals surface area (Å²) in [5.41, 5.74) is 0.584. The van der Waals surface area contributed by atoms with Gasteiger partial charge >= 0.3 is 0 Å². The summed E-state index contributed by atoms with van der Waals surface area (Å²) in [6.07, 6.45) is -0.184. The van der Waals surface area contributed by atoms with Gasteiger partial charge in [-0.25, -0.2) is 0 Å². The minimum atomic E-state index is -0.438. The molecular formula is C15H20ClNO3. The highest BCUT2D eigenvalue weighted by atomic mass is 35.5. The number of hydrogen-bond acceptors (Lipinski definition) is 3. The lowest BCUT2D eigenvalue weighted by molar-refractivity contribution is -0.117. The number of aryl methyl sites for hydroxylation is 1. The molecule has 1 heterocycles. The summed E-state index contributed by atoms with van der Waals surface area (Å²) in [6.45, 7) is 6.56. The molecular weight excluding hydrogens is 278 g/mol. The average Bonchev–Trinajstić information content (AvgIpc) is 2.39. The molecule has 1 atom stereocenters. The van der Waals surface area contributed by atoms with E-state index in [0.29, 0.717) is 30.1 Å². The summed E-state index contributed by atoms with van der Waals surface area (Å²) in [5, 5.41) is 10.0. The van der Waals surface area contributed by atoms with Crippen LogP contribution in [-0.2, 0) is 4.74 Å². The maximum absolute atomic E-state index is 12.6. The fraction of sp³-hybridized carbons (Fsp3) is 0.533. The molecule has 2 rings (SSSR count). The Morgan fingerprint density at radius 1 is 1.55 bits per heavy atom. The van der Waals surface area contributed by atoms with E-state index in [2.05, 4.69) is 0 Å². The van der Waals surface area contributed by atoms with Gasteiger partial charge in [0.1, 0.15) is 5.75 Å². The molecule has 1 aliphatic heterocycles. The van der Waals surface area contributed by atoms with Crippen molar-refractivity contribution in [3.05, 3.63) is 29.3 Å². The minimum Gasteiger partial charge on any atom is -0.507 e. The number of rotatable bonds is 2. The monoisotopic (exact) mass is 297 g/mol. The van der Waals surface area contributed by atoms with Gasteiger partial charge < -0.3 is 14.7 Å². The number of morpholine rings is 1. The fourth-order valence-corrected chi connectivity index (χ4v) is 2.69. The first kappa shape index (κ1) is 15.1. The molecule has 0 aromatic heterocycles. The molecule has 1 aromatic carbocycles. The second kappa shape index (κ2) is 5.62. The van der Waals surface area contributed by atoms with E-state index >= 15 is 0 Å². The number of phenolic OH excluding ortho intramolecular Hbond substituents is 1. The Morgan fingerprint density at radius 3 is 2.90 bits per heavy atom. The van der Waals surface area contributed by atoms with Crippen molar-refractivity contribution < 1.29 is 14.6 Å². The van der Waals surface area contributed by atoms with Gasteiger partial charge in [-0.15, -0.1) is 11.6 Å². The maximum atomic E-state index is 12.6. The van der Waals surface area contributed by atoms with Crippen molar-refractivity contribution in [2.75, 3.05) is 19.0 Å². The number of phenols is 1. The molecule has 1 saturated heterocycles. The fourth-order valence-electron chi connectivity index (χ4n) is 2.53. The molecule has 1 amide bonds. The lowest BCUT2D eigenvalue weighted by Crippen LogP contribution is -2.55. The van der Waals surface area contributed by atoms with Gasteiger partial charge in [-0.05, 0) is 32.4 Å². The third-order valence-corrected chi connectivity index (χ3v) is 3.75. The number of alkyl halides is 1. The van der Waals surface area contributed by atoms with Gasteiger partial charge in [0.25, 0.3) is 5.91 Å². The zero-order valence-electron chi connectivity index (χ0n) is 12.0. The standard InChI is InChI=1S/C15H20ClNO3/c1-10-5-4-6-12(13(10)18)14(19)17-8-11(7-16)20-15(2,3)9-17/h4-6,11,18H,7-9H2,1-3H3. The Labute approximate surface area is 124 Å². The zero-order valence-corrected chi connectivity index (χ0v) is 12.8. The lowest BCUT2D eigenvalue weighted by atomic mass is 10.0. The zero-order chi connectivity index (χ0) is 14.9. The molecule has 0 saturated carbocycles. The summed E-state index contributed by atoms with van der Waals surface area (Å²) in [5.74, 6) is 0.203. The lowest BCUT2D eigenvalue weighted by Gasteiger charge is -2.42. The molecule has 5 heteroatoms. The number of hydrogen-bond donors (Lipinski definition) is 1. The number of nitrogens with zero attached hydrogens (tertiary/aromatic N) is 1. The summed E-state index contributed by atoms with van der Waals surface area (Å²) in [7, 11) is 0. The highest BCUT2D eigenvalue weighted by molar-refractivity contribution is 6.18. The second-order valence-electron chi connectivity index (χ2n) is 5.81. The van der Waals surface area contributed by atoms with E-state index in [0.717, 1.165) is 0 Å². The summed E-state index contributed by atoms with van der Waals surface area (Å²) in [4.78, 5) is 14.3. The number of carbonyl (C=O) groups excluding carboxylic acids is 1. The number of aromatic hydroxyl groups is 1. The van der Waals surface area contributed by atoms with Gasteiger partial charge in [0.05, 0.1) is 23.1 Å². The van der Waals surface area contributed by atoms with Crippen LogP contribution in [0.25, 0.3) is 0 Å². The van der Waals surface area contributed by atoms with Crippen LogP contribution in [0.3, 0.4) is 0 Å². The van der Waals surface area contributed by atoms with E-state index < -0.39 is 5.60 Å². The molecule has 0 radical (unpaired) electrons. The third-order valence-electron chi connectivity index (χ3n) is 3.41. The first-order valence-electron chi connectivity index (χ1n) is 6.65. The van der Waals surface area contributed by atoms with Crippen LogP contribution in [0.1, 0.15) is 29.8 Å². The Balaban J connectivity index is 2.26. The molecule has 1 aliphatic rings. The number of para-hydroxylation sites is 1. The van der Waals surface area contributed by atoms with Crippen LogP contribution in [0.15, 0.2) is 18.2 Å². The largest absolute Gasteiger partial charge is 0.507 e. The predicted octanol–water partition coefficient (Wildman–Crippen LogP) is 2.56. The maximum Gasteiger partial charge on any atom is 0.257 e. The van der Waals surface area contributed by atoms with Crippen molar-refractivity contribution in [2.45, 2.75) is 32.5 Å². The van der Waals surface area contributed by atoms with Gasteiger partial charge in [-0.3, -0.25) is 4.79 Å². The van der Waals surface area contributed by atoms with Crippen molar-refractivity contribution in [1.82, 2.24) is 4.90 Å². The van der Waals surface area contributed by atoms with Crippen molar-refractivity contribution in [3.8, 4) is 5.75 Å². The van der Waals surface area contributed by atoms with E-state index in [1.165, 1.54) is 0 Å². The average molecular weight is 298 g/mol. The predicted molar refractivity (Wildman–Crippen MR) is 78.4 cm³/mol. The van der Waals surface area contributed by atoms with Gasteiger partial charge in [0.2, 0.25) is 0 Å². The number of halogens is 1. The van der Waals surface area contributed by atoms with Gasteiger partial charge in [-0.1, -0.05) is 12.1 Å². The SMILES string of the molecule is Cc1cccc(C(=O)N2CC(CCl)OC(C)(C)C2)c1O. The van der Waals surface area contributed by atoms with E-state index in [4.69, 9.17) is 16.3 Å². The van der Waals surface area contributed by atoms with Crippen LogP contribution < -0.4 is 0 Å². The highest BCUT2D eigenvalue weighted by Crippen LogP contribution is 2.27. The molecule has 110 valence electrons. The normalized spacial score (nSPS) is 21.8. The second-order valence-corrected chi connectivity index (χ2v) is 6.12. The molecule has 4 nitrogen and oxygen atoms in total. The highest BCUT2D eigenvalue weighted by Gasteiger charge is 2.36. The van der Waals surface area contributed by atoms with Crippen LogP contribution >= 0.6 is 11.6 Å². The summed E-state index contributed by atoms with van der Waals surface area (Å²) >= 11 is 5.87. The number of carbonyl (C=O) groups is 1. The van der Waals surface area contributed by atoms with Gasteiger partial charge in [-0.2, -0.15) is 0 Å². The van der Waals surface area contributed by atoms with Gasteiger partial charge in [0, 0.05) is 13.1 Å². The summed E-state index contributed by atoms with van der Waals surface area (Å²) in [6, 6.07) is 5.19. The Morgan fingerprint density at radius 2 is 2.25 bits per heavy atom. The van der Waals surface area contributed by atoms with E-state index in [9.17, 15) is 9.90 Å². The number of amides is 1. The molecule has 1 fully saturated rings. The van der Waals surface area contributed by atoms with Crippen LogP contribution in [0.5, 0.6) is 5.75 Å². The molecule has 0 bridgehead atoms. The molecule has 1 unspecified atom stereocenters. The van der Waals surface area contributed by atoms with Crippen LogP contribution in [-0.4, -0.2) is 46.6 Å². The van der Waals surface area contributed by atoms with Crippen molar-refractivity contribution >= 4 is 17.5 Å². The number of ether oxygens (including phenoxy) is 1.